The van der Waals surface area contributed by atoms with E-state index in [2.05, 4.69) is 140 Å². The first kappa shape index (κ1) is 21.9. The van der Waals surface area contributed by atoms with Gasteiger partial charge in [0.2, 0.25) is 0 Å². The first-order valence-electron chi connectivity index (χ1n) is 13.4. The van der Waals surface area contributed by atoms with Crippen LogP contribution in [0.1, 0.15) is 0 Å². The fourth-order valence-corrected chi connectivity index (χ4v) is 6.16. The van der Waals surface area contributed by atoms with Gasteiger partial charge in [-0.2, -0.15) is 0 Å². The van der Waals surface area contributed by atoms with E-state index < -0.39 is 0 Å². The van der Waals surface area contributed by atoms with Crippen LogP contribution in [-0.4, -0.2) is 0 Å². The first-order valence-corrected chi connectivity index (χ1v) is 13.4. The molecule has 0 atom stereocenters. The summed E-state index contributed by atoms with van der Waals surface area (Å²) >= 11 is 0. The summed E-state index contributed by atoms with van der Waals surface area (Å²) in [5.74, 6) is 0. The molecule has 1 heterocycles. The number of hydrogen-bond donors (Lipinski definition) is 0. The molecule has 0 saturated heterocycles. The van der Waals surface area contributed by atoms with Gasteiger partial charge >= 0.3 is 0 Å². The highest BCUT2D eigenvalue weighted by atomic mass is 16.3. The zero-order valence-electron chi connectivity index (χ0n) is 21.3. The van der Waals surface area contributed by atoms with Crippen LogP contribution < -0.4 is 0 Å². The van der Waals surface area contributed by atoms with Crippen LogP contribution >= 0.6 is 0 Å². The van der Waals surface area contributed by atoms with Crippen LogP contribution in [0, 0.1) is 0 Å². The monoisotopic (exact) mass is 496 g/mol. The molecule has 1 nitrogen and oxygen atoms in total. The summed E-state index contributed by atoms with van der Waals surface area (Å²) in [6.45, 7) is 0. The third-order valence-electron chi connectivity index (χ3n) is 7.85. The van der Waals surface area contributed by atoms with Gasteiger partial charge in [-0.15, -0.1) is 0 Å². The molecule has 8 aromatic rings. The lowest BCUT2D eigenvalue weighted by Gasteiger charge is -2.18. The molecule has 0 fully saturated rings. The van der Waals surface area contributed by atoms with Crippen LogP contribution in [0.3, 0.4) is 0 Å². The molecular weight excluding hydrogens is 472 g/mol. The minimum atomic E-state index is 0.913. The summed E-state index contributed by atoms with van der Waals surface area (Å²) in [5, 5.41) is 7.30. The maximum Gasteiger partial charge on any atom is 0.143 e. The summed E-state index contributed by atoms with van der Waals surface area (Å²) in [6, 6.07) is 52.0. The van der Waals surface area contributed by atoms with Gasteiger partial charge in [-0.05, 0) is 67.6 Å². The zero-order valence-corrected chi connectivity index (χ0v) is 21.3. The second kappa shape index (κ2) is 8.72. The number of rotatable bonds is 3. The van der Waals surface area contributed by atoms with E-state index in [1.165, 1.54) is 43.8 Å². The van der Waals surface area contributed by atoms with E-state index in [1.54, 1.807) is 0 Å². The van der Waals surface area contributed by atoms with Gasteiger partial charge < -0.3 is 4.42 Å². The highest BCUT2D eigenvalue weighted by Crippen LogP contribution is 2.46. The van der Waals surface area contributed by atoms with Crippen molar-refractivity contribution >= 4 is 43.5 Å². The molecule has 0 bridgehead atoms. The van der Waals surface area contributed by atoms with Gasteiger partial charge in [-0.25, -0.2) is 0 Å². The Labute approximate surface area is 226 Å². The van der Waals surface area contributed by atoms with Gasteiger partial charge in [-0.1, -0.05) is 127 Å². The lowest BCUT2D eigenvalue weighted by molar-refractivity contribution is 0.670. The van der Waals surface area contributed by atoms with Crippen LogP contribution in [0.5, 0.6) is 0 Å². The lowest BCUT2D eigenvalue weighted by Crippen LogP contribution is -1.91. The molecule has 0 amide bonds. The SMILES string of the molecule is c1ccc(-c2c3ccccc3c(-c3cc(-c4ccccc4)c4oc5ccccc5c4c3)c3ccccc23)cc1. The highest BCUT2D eigenvalue weighted by molar-refractivity contribution is 6.22. The van der Waals surface area contributed by atoms with Crippen molar-refractivity contribution in [3.05, 3.63) is 146 Å². The van der Waals surface area contributed by atoms with Crippen molar-refractivity contribution in [1.29, 1.82) is 0 Å². The number of hydrogen-bond acceptors (Lipinski definition) is 1. The van der Waals surface area contributed by atoms with Crippen LogP contribution in [-0.2, 0) is 0 Å². The van der Waals surface area contributed by atoms with Gasteiger partial charge in [-0.3, -0.25) is 0 Å². The Kier molecular flexibility index (Phi) is 4.89. The van der Waals surface area contributed by atoms with Gasteiger partial charge in [0.1, 0.15) is 11.2 Å². The van der Waals surface area contributed by atoms with Crippen molar-refractivity contribution in [2.45, 2.75) is 0 Å². The summed E-state index contributed by atoms with van der Waals surface area (Å²) in [5.41, 5.74) is 9.07. The maximum atomic E-state index is 6.48. The molecule has 0 N–H and O–H groups in total. The molecule has 1 aromatic heterocycles. The molecule has 8 rings (SSSR count). The molecule has 0 radical (unpaired) electrons. The van der Waals surface area contributed by atoms with Gasteiger partial charge in [0.25, 0.3) is 0 Å². The normalized spacial score (nSPS) is 11.6. The second-order valence-electron chi connectivity index (χ2n) is 10.1. The zero-order chi connectivity index (χ0) is 25.8. The van der Waals surface area contributed by atoms with Crippen molar-refractivity contribution in [3.8, 4) is 33.4 Å². The molecule has 0 aliphatic rings. The third-order valence-corrected chi connectivity index (χ3v) is 7.85. The Bertz CT molecular complexity index is 2090. The van der Waals surface area contributed by atoms with E-state index in [1.807, 2.05) is 6.07 Å². The van der Waals surface area contributed by atoms with Crippen molar-refractivity contribution in [1.82, 2.24) is 0 Å². The largest absolute Gasteiger partial charge is 0.455 e. The number of benzene rings is 7. The lowest BCUT2D eigenvalue weighted by atomic mass is 9.85. The van der Waals surface area contributed by atoms with Crippen molar-refractivity contribution in [2.75, 3.05) is 0 Å². The van der Waals surface area contributed by atoms with E-state index in [-0.39, 0.29) is 0 Å². The van der Waals surface area contributed by atoms with Gasteiger partial charge in [0.05, 0.1) is 0 Å². The number of para-hydroxylation sites is 1. The Hall–Kier alpha value is -5.14. The molecule has 1 heteroatoms. The van der Waals surface area contributed by atoms with Gasteiger partial charge in [0, 0.05) is 16.3 Å². The van der Waals surface area contributed by atoms with E-state index in [4.69, 9.17) is 4.42 Å². The average molecular weight is 497 g/mol. The van der Waals surface area contributed by atoms with Crippen LogP contribution in [0.15, 0.2) is 150 Å². The van der Waals surface area contributed by atoms with Crippen LogP contribution in [0.25, 0.3) is 76.9 Å². The minimum Gasteiger partial charge on any atom is -0.455 e. The predicted molar refractivity (Wildman–Crippen MR) is 165 cm³/mol. The van der Waals surface area contributed by atoms with Crippen molar-refractivity contribution in [3.63, 3.8) is 0 Å². The second-order valence-corrected chi connectivity index (χ2v) is 10.1. The predicted octanol–water partition coefficient (Wildman–Crippen LogP) is 10.9. The van der Waals surface area contributed by atoms with Gasteiger partial charge in [0.15, 0.2) is 0 Å². The molecular formula is C38H24O. The molecule has 39 heavy (non-hydrogen) atoms. The van der Waals surface area contributed by atoms with Crippen LogP contribution in [0.4, 0.5) is 0 Å². The van der Waals surface area contributed by atoms with E-state index in [0.717, 1.165) is 33.1 Å². The van der Waals surface area contributed by atoms with E-state index in [9.17, 15) is 0 Å². The minimum absolute atomic E-state index is 0.913. The Morgan fingerprint density at radius 1 is 0.333 bits per heavy atom. The fourth-order valence-electron chi connectivity index (χ4n) is 6.16. The van der Waals surface area contributed by atoms with Crippen LogP contribution in [0.2, 0.25) is 0 Å². The molecule has 0 aliphatic heterocycles. The third kappa shape index (κ3) is 3.41. The quantitative estimate of drug-likeness (QED) is 0.222. The smallest absolute Gasteiger partial charge is 0.143 e. The summed E-state index contributed by atoms with van der Waals surface area (Å²) in [7, 11) is 0. The molecule has 0 saturated carbocycles. The Balaban J connectivity index is 1.55. The number of furan rings is 1. The number of fused-ring (bicyclic) bond motifs is 5. The molecule has 0 unspecified atom stereocenters. The maximum absolute atomic E-state index is 6.48. The Morgan fingerprint density at radius 3 is 1.38 bits per heavy atom. The topological polar surface area (TPSA) is 13.1 Å². The molecule has 0 spiro atoms. The van der Waals surface area contributed by atoms with Crippen molar-refractivity contribution in [2.24, 2.45) is 0 Å². The first-order chi connectivity index (χ1) is 19.4. The summed E-state index contributed by atoms with van der Waals surface area (Å²) in [4.78, 5) is 0. The molecule has 7 aromatic carbocycles. The standard InChI is InChI=1S/C38H24O/c1-3-13-25(14-4-1)33-23-27(24-34-28-17-11-12-22-35(28)39-38(33)34)37-31-20-9-7-18-29(31)36(26-15-5-2-6-16-26)30-19-8-10-21-32(30)37/h1-24H. The molecule has 182 valence electrons. The van der Waals surface area contributed by atoms with Crippen molar-refractivity contribution < 1.29 is 4.42 Å². The van der Waals surface area contributed by atoms with E-state index >= 15 is 0 Å². The fraction of sp³-hybridized carbons (Fsp3) is 0. The highest BCUT2D eigenvalue weighted by Gasteiger charge is 2.20. The Morgan fingerprint density at radius 2 is 0.795 bits per heavy atom. The summed E-state index contributed by atoms with van der Waals surface area (Å²) in [6.07, 6.45) is 0. The average Bonchev–Trinajstić information content (AvgIpc) is 3.39. The molecule has 0 aliphatic carbocycles. The summed E-state index contributed by atoms with van der Waals surface area (Å²) < 4.78 is 6.48. The van der Waals surface area contributed by atoms with E-state index in [0.29, 0.717) is 0 Å².